The van der Waals surface area contributed by atoms with E-state index in [4.69, 9.17) is 16.7 Å². The molecule has 2 aromatic heterocycles. The van der Waals surface area contributed by atoms with Crippen molar-refractivity contribution >= 4 is 11.6 Å². The number of H-pyrrole nitrogens is 1. The van der Waals surface area contributed by atoms with Crippen molar-refractivity contribution in [2.45, 2.75) is 6.61 Å². The van der Waals surface area contributed by atoms with Crippen LogP contribution in [0.4, 0.5) is 0 Å². The van der Waals surface area contributed by atoms with Gasteiger partial charge in [0.15, 0.2) is 11.6 Å². The number of hydrogen-bond donors (Lipinski definition) is 2. The van der Waals surface area contributed by atoms with Gasteiger partial charge in [-0.1, -0.05) is 11.6 Å². The summed E-state index contributed by atoms with van der Waals surface area (Å²) in [7, 11) is 0. The fourth-order valence-electron chi connectivity index (χ4n) is 1.04. The lowest BCUT2D eigenvalue weighted by atomic mass is 10.2. The van der Waals surface area contributed by atoms with Gasteiger partial charge in [0.2, 0.25) is 0 Å². The number of aromatic nitrogens is 4. The van der Waals surface area contributed by atoms with Crippen LogP contribution in [0.15, 0.2) is 18.5 Å². The quantitative estimate of drug-likeness (QED) is 0.776. The maximum absolute atomic E-state index is 8.79. The molecule has 0 unspecified atom stereocenters. The fourth-order valence-corrected chi connectivity index (χ4v) is 1.25. The van der Waals surface area contributed by atoms with E-state index in [1.165, 1.54) is 6.20 Å². The third kappa shape index (κ3) is 1.59. The van der Waals surface area contributed by atoms with Crippen LogP contribution in [0.5, 0.6) is 0 Å². The van der Waals surface area contributed by atoms with Crippen molar-refractivity contribution in [1.82, 2.24) is 20.2 Å². The molecule has 2 heterocycles. The smallest absolute Gasteiger partial charge is 0.182 e. The molecule has 0 aliphatic heterocycles. The third-order valence-electron chi connectivity index (χ3n) is 1.69. The first-order valence-electron chi connectivity index (χ1n) is 3.93. The molecule has 5 nitrogen and oxygen atoms in total. The van der Waals surface area contributed by atoms with E-state index in [1.807, 2.05) is 0 Å². The van der Waals surface area contributed by atoms with Gasteiger partial charge in [0.25, 0.3) is 0 Å². The van der Waals surface area contributed by atoms with Gasteiger partial charge in [-0.25, -0.2) is 4.98 Å². The summed E-state index contributed by atoms with van der Waals surface area (Å²) in [5.74, 6) is 0.870. The van der Waals surface area contributed by atoms with Gasteiger partial charge in [-0.2, -0.15) is 5.10 Å². The molecule has 0 amide bonds. The predicted molar refractivity (Wildman–Crippen MR) is 50.5 cm³/mol. The Morgan fingerprint density at radius 1 is 1.50 bits per heavy atom. The lowest BCUT2D eigenvalue weighted by Gasteiger charge is -1.95. The van der Waals surface area contributed by atoms with E-state index in [-0.39, 0.29) is 6.61 Å². The summed E-state index contributed by atoms with van der Waals surface area (Å²) >= 11 is 5.89. The standard InChI is InChI=1S/C8H7ClN4O/c9-6-3-10-2-1-5(6)8-11-7(4-14)12-13-8/h1-3,14H,4H2,(H,11,12,13). The molecular formula is C8H7ClN4O. The molecule has 6 heteroatoms. The van der Waals surface area contributed by atoms with Gasteiger partial charge in [0, 0.05) is 18.0 Å². The van der Waals surface area contributed by atoms with Crippen LogP contribution in [-0.4, -0.2) is 25.3 Å². The monoisotopic (exact) mass is 210 g/mol. The topological polar surface area (TPSA) is 74.7 Å². The SMILES string of the molecule is OCc1nc(-c2ccncc2Cl)n[nH]1. The summed E-state index contributed by atoms with van der Waals surface area (Å²) in [6, 6.07) is 1.71. The van der Waals surface area contributed by atoms with E-state index in [2.05, 4.69) is 20.2 Å². The number of aromatic amines is 1. The van der Waals surface area contributed by atoms with Gasteiger partial charge in [-0.3, -0.25) is 10.1 Å². The van der Waals surface area contributed by atoms with Crippen molar-refractivity contribution in [3.8, 4) is 11.4 Å². The highest BCUT2D eigenvalue weighted by atomic mass is 35.5. The average Bonchev–Trinajstić information content (AvgIpc) is 2.67. The van der Waals surface area contributed by atoms with Crippen molar-refractivity contribution in [1.29, 1.82) is 0 Å². The van der Waals surface area contributed by atoms with Gasteiger partial charge >= 0.3 is 0 Å². The predicted octanol–water partition coefficient (Wildman–Crippen LogP) is 1.01. The van der Waals surface area contributed by atoms with Crippen LogP contribution < -0.4 is 0 Å². The second-order valence-corrected chi connectivity index (χ2v) is 3.03. The number of rotatable bonds is 2. The fraction of sp³-hybridized carbons (Fsp3) is 0.125. The number of aliphatic hydroxyl groups is 1. The highest BCUT2D eigenvalue weighted by Crippen LogP contribution is 2.22. The molecule has 0 spiro atoms. The zero-order valence-electron chi connectivity index (χ0n) is 7.11. The van der Waals surface area contributed by atoms with E-state index in [0.29, 0.717) is 22.2 Å². The molecule has 2 N–H and O–H groups in total. The van der Waals surface area contributed by atoms with Crippen LogP contribution in [0.2, 0.25) is 5.02 Å². The van der Waals surface area contributed by atoms with E-state index in [0.717, 1.165) is 0 Å². The second kappa shape index (κ2) is 3.73. The Bertz CT molecular complexity index is 442. The number of nitrogens with one attached hydrogen (secondary N) is 1. The molecule has 2 rings (SSSR count). The molecular weight excluding hydrogens is 204 g/mol. The minimum absolute atomic E-state index is 0.171. The molecule has 0 fully saturated rings. The van der Waals surface area contributed by atoms with Crippen molar-refractivity contribution in [3.63, 3.8) is 0 Å². The van der Waals surface area contributed by atoms with Crippen LogP contribution in [-0.2, 0) is 6.61 Å². The minimum Gasteiger partial charge on any atom is -0.388 e. The van der Waals surface area contributed by atoms with Gasteiger partial charge in [-0.05, 0) is 6.07 Å². The second-order valence-electron chi connectivity index (χ2n) is 2.62. The van der Waals surface area contributed by atoms with Gasteiger partial charge in [0.05, 0.1) is 5.02 Å². The Morgan fingerprint density at radius 2 is 2.36 bits per heavy atom. The summed E-state index contributed by atoms with van der Waals surface area (Å²) in [5, 5.41) is 15.8. The van der Waals surface area contributed by atoms with Gasteiger partial charge in [-0.15, -0.1) is 0 Å². The van der Waals surface area contributed by atoms with Crippen LogP contribution in [0, 0.1) is 0 Å². The zero-order valence-corrected chi connectivity index (χ0v) is 7.86. The normalized spacial score (nSPS) is 10.4. The average molecular weight is 211 g/mol. The lowest BCUT2D eigenvalue weighted by Crippen LogP contribution is -1.85. The van der Waals surface area contributed by atoms with Gasteiger partial charge < -0.3 is 5.11 Å². The van der Waals surface area contributed by atoms with Crippen LogP contribution in [0.25, 0.3) is 11.4 Å². The van der Waals surface area contributed by atoms with E-state index >= 15 is 0 Å². The lowest BCUT2D eigenvalue weighted by molar-refractivity contribution is 0.272. The Hall–Kier alpha value is -1.46. The summed E-state index contributed by atoms with van der Waals surface area (Å²) < 4.78 is 0. The van der Waals surface area contributed by atoms with Crippen LogP contribution in [0.1, 0.15) is 5.82 Å². The summed E-state index contributed by atoms with van der Waals surface area (Å²) in [6.07, 6.45) is 3.13. The van der Waals surface area contributed by atoms with E-state index in [1.54, 1.807) is 12.3 Å². The maximum atomic E-state index is 8.79. The van der Waals surface area contributed by atoms with Crippen molar-refractivity contribution in [2.24, 2.45) is 0 Å². The first-order chi connectivity index (χ1) is 6.81. The highest BCUT2D eigenvalue weighted by Gasteiger charge is 2.08. The molecule has 0 atom stereocenters. The number of halogens is 1. The minimum atomic E-state index is -0.171. The Kier molecular flexibility index (Phi) is 2.43. The Morgan fingerprint density at radius 3 is 3.00 bits per heavy atom. The molecule has 0 aromatic carbocycles. The molecule has 0 saturated heterocycles. The first kappa shape index (κ1) is 9.11. The highest BCUT2D eigenvalue weighted by molar-refractivity contribution is 6.33. The largest absolute Gasteiger partial charge is 0.388 e. The van der Waals surface area contributed by atoms with Crippen molar-refractivity contribution < 1.29 is 5.11 Å². The third-order valence-corrected chi connectivity index (χ3v) is 2.00. The molecule has 0 saturated carbocycles. The number of aliphatic hydroxyl groups excluding tert-OH is 1. The molecule has 0 radical (unpaired) electrons. The molecule has 0 bridgehead atoms. The molecule has 72 valence electrons. The number of pyridine rings is 1. The zero-order chi connectivity index (χ0) is 9.97. The number of nitrogens with zero attached hydrogens (tertiary/aromatic N) is 3. The molecule has 0 aliphatic carbocycles. The summed E-state index contributed by atoms with van der Waals surface area (Å²) in [4.78, 5) is 7.88. The van der Waals surface area contributed by atoms with E-state index < -0.39 is 0 Å². The molecule has 2 aromatic rings. The Balaban J connectivity index is 2.44. The number of hydrogen-bond acceptors (Lipinski definition) is 4. The van der Waals surface area contributed by atoms with Crippen molar-refractivity contribution in [2.75, 3.05) is 0 Å². The van der Waals surface area contributed by atoms with Crippen molar-refractivity contribution in [3.05, 3.63) is 29.3 Å². The molecule has 0 aliphatic rings. The Labute approximate surface area is 84.8 Å². The first-order valence-corrected chi connectivity index (χ1v) is 4.31. The maximum Gasteiger partial charge on any atom is 0.182 e. The van der Waals surface area contributed by atoms with Gasteiger partial charge in [0.1, 0.15) is 6.61 Å². The van der Waals surface area contributed by atoms with E-state index in [9.17, 15) is 0 Å². The van der Waals surface area contributed by atoms with Crippen LogP contribution in [0.3, 0.4) is 0 Å². The summed E-state index contributed by atoms with van der Waals surface area (Å²) in [6.45, 7) is -0.171. The summed E-state index contributed by atoms with van der Waals surface area (Å²) in [5.41, 5.74) is 0.692. The molecule has 14 heavy (non-hydrogen) atoms. The van der Waals surface area contributed by atoms with Crippen LogP contribution >= 0.6 is 11.6 Å².